The van der Waals surface area contributed by atoms with E-state index in [1.165, 1.54) is 6.21 Å². The van der Waals surface area contributed by atoms with Crippen LogP contribution >= 0.6 is 0 Å². The molecule has 4 rings (SSSR count). The molecule has 32 heavy (non-hydrogen) atoms. The van der Waals surface area contributed by atoms with Crippen molar-refractivity contribution in [1.82, 2.24) is 0 Å². The SMILES string of the molecule is Fc1c(F)c(F)c(NN=Cc2cccc(OCc3cccc4ccccc34)c2)c(F)c1F. The molecule has 0 aliphatic rings. The number of fused-ring (bicyclic) bond motifs is 1. The van der Waals surface area contributed by atoms with Crippen LogP contribution in [0.2, 0.25) is 0 Å². The Hall–Kier alpha value is -3.94. The van der Waals surface area contributed by atoms with Gasteiger partial charge in [0.25, 0.3) is 0 Å². The number of hydrogen-bond acceptors (Lipinski definition) is 3. The van der Waals surface area contributed by atoms with Gasteiger partial charge in [-0.25, -0.2) is 22.0 Å². The molecule has 0 heterocycles. The van der Waals surface area contributed by atoms with Crippen molar-refractivity contribution in [2.45, 2.75) is 6.61 Å². The molecule has 0 saturated carbocycles. The van der Waals surface area contributed by atoms with Crippen molar-refractivity contribution in [2.24, 2.45) is 5.10 Å². The lowest BCUT2D eigenvalue weighted by atomic mass is 10.1. The fraction of sp³-hybridized carbons (Fsp3) is 0.0417. The second-order valence-electron chi connectivity index (χ2n) is 6.81. The first-order chi connectivity index (χ1) is 15.5. The number of hydrazone groups is 1. The zero-order valence-corrected chi connectivity index (χ0v) is 16.4. The minimum Gasteiger partial charge on any atom is -0.489 e. The number of anilines is 1. The minimum absolute atomic E-state index is 0.310. The van der Waals surface area contributed by atoms with Crippen molar-refractivity contribution < 1.29 is 26.7 Å². The van der Waals surface area contributed by atoms with Gasteiger partial charge in [0.05, 0.1) is 6.21 Å². The molecule has 0 aliphatic carbocycles. The maximum atomic E-state index is 13.7. The van der Waals surface area contributed by atoms with Crippen LogP contribution in [0, 0.1) is 29.1 Å². The van der Waals surface area contributed by atoms with Gasteiger partial charge >= 0.3 is 0 Å². The Bertz CT molecular complexity index is 1290. The number of nitrogens with one attached hydrogen (secondary N) is 1. The highest BCUT2D eigenvalue weighted by Gasteiger charge is 2.25. The molecule has 0 spiro atoms. The normalized spacial score (nSPS) is 11.3. The highest BCUT2D eigenvalue weighted by atomic mass is 19.2. The van der Waals surface area contributed by atoms with Gasteiger partial charge in [0, 0.05) is 0 Å². The monoisotopic (exact) mass is 442 g/mol. The summed E-state index contributed by atoms with van der Waals surface area (Å²) in [5, 5.41) is 5.74. The molecule has 1 N–H and O–H groups in total. The van der Waals surface area contributed by atoms with Gasteiger partial charge in [-0.05, 0) is 34.0 Å². The molecule has 4 aromatic rings. The third-order valence-electron chi connectivity index (χ3n) is 4.73. The number of ether oxygens (including phenoxy) is 1. The lowest BCUT2D eigenvalue weighted by molar-refractivity contribution is 0.307. The summed E-state index contributed by atoms with van der Waals surface area (Å²) in [6.07, 6.45) is 1.17. The van der Waals surface area contributed by atoms with Crippen LogP contribution in [0.25, 0.3) is 10.8 Å². The zero-order chi connectivity index (χ0) is 22.7. The molecule has 0 amide bonds. The van der Waals surface area contributed by atoms with Gasteiger partial charge in [0.15, 0.2) is 23.3 Å². The largest absolute Gasteiger partial charge is 0.489 e. The fourth-order valence-corrected chi connectivity index (χ4v) is 3.14. The van der Waals surface area contributed by atoms with Crippen molar-refractivity contribution in [3.63, 3.8) is 0 Å². The van der Waals surface area contributed by atoms with E-state index in [9.17, 15) is 22.0 Å². The summed E-state index contributed by atoms with van der Waals surface area (Å²) in [4.78, 5) is 0. The first kappa shape index (κ1) is 21.3. The average molecular weight is 442 g/mol. The summed E-state index contributed by atoms with van der Waals surface area (Å²) in [5.41, 5.74) is 2.11. The molecule has 0 fully saturated rings. The number of halogens is 5. The molecular formula is C24H15F5N2O. The molecule has 0 bridgehead atoms. The molecule has 0 aromatic heterocycles. The van der Waals surface area contributed by atoms with Crippen molar-refractivity contribution in [1.29, 1.82) is 0 Å². The van der Waals surface area contributed by atoms with Crippen molar-refractivity contribution in [3.8, 4) is 5.75 Å². The van der Waals surface area contributed by atoms with Crippen molar-refractivity contribution in [3.05, 3.63) is 107 Å². The number of hydrogen-bond donors (Lipinski definition) is 1. The van der Waals surface area contributed by atoms with E-state index in [4.69, 9.17) is 4.74 Å². The number of benzene rings is 4. The van der Waals surface area contributed by atoms with Crippen molar-refractivity contribution in [2.75, 3.05) is 5.43 Å². The summed E-state index contributed by atoms with van der Waals surface area (Å²) in [5.74, 6) is -9.81. The van der Waals surface area contributed by atoms with E-state index < -0.39 is 34.8 Å². The van der Waals surface area contributed by atoms with E-state index >= 15 is 0 Å². The maximum Gasteiger partial charge on any atom is 0.200 e. The van der Waals surface area contributed by atoms with Crippen LogP contribution in [0.3, 0.4) is 0 Å². The van der Waals surface area contributed by atoms with Gasteiger partial charge in [-0.3, -0.25) is 5.43 Å². The van der Waals surface area contributed by atoms with Crippen LogP contribution in [0.15, 0.2) is 71.8 Å². The Balaban J connectivity index is 1.48. The maximum absolute atomic E-state index is 13.7. The van der Waals surface area contributed by atoms with Crippen molar-refractivity contribution >= 4 is 22.7 Å². The Kier molecular flexibility index (Phi) is 6.02. The Labute approximate surface area is 179 Å². The molecule has 0 radical (unpaired) electrons. The Morgan fingerprint density at radius 1 is 0.750 bits per heavy atom. The fourth-order valence-electron chi connectivity index (χ4n) is 3.14. The van der Waals surface area contributed by atoms with Crippen LogP contribution in [-0.4, -0.2) is 6.21 Å². The van der Waals surface area contributed by atoms with E-state index in [0.717, 1.165) is 16.3 Å². The molecule has 162 valence electrons. The molecule has 0 atom stereocenters. The van der Waals surface area contributed by atoms with Gasteiger partial charge in [-0.15, -0.1) is 0 Å². The van der Waals surface area contributed by atoms with E-state index in [1.54, 1.807) is 24.3 Å². The topological polar surface area (TPSA) is 33.6 Å². The highest BCUT2D eigenvalue weighted by molar-refractivity contribution is 5.85. The van der Waals surface area contributed by atoms with Gasteiger partial charge < -0.3 is 4.74 Å². The van der Waals surface area contributed by atoms with Crippen LogP contribution < -0.4 is 10.2 Å². The molecule has 3 nitrogen and oxygen atoms in total. The molecule has 0 aliphatic heterocycles. The number of rotatable bonds is 6. The summed E-state index contributed by atoms with van der Waals surface area (Å²) < 4.78 is 72.8. The Morgan fingerprint density at radius 2 is 1.41 bits per heavy atom. The first-order valence-corrected chi connectivity index (χ1v) is 9.45. The average Bonchev–Trinajstić information content (AvgIpc) is 2.82. The summed E-state index contributed by atoms with van der Waals surface area (Å²) in [6, 6.07) is 20.5. The van der Waals surface area contributed by atoms with E-state index in [1.807, 2.05) is 47.9 Å². The third-order valence-corrected chi connectivity index (χ3v) is 4.73. The van der Waals surface area contributed by atoms with Gasteiger partial charge in [0.2, 0.25) is 5.82 Å². The quantitative estimate of drug-likeness (QED) is 0.121. The van der Waals surface area contributed by atoms with Crippen LogP contribution in [0.4, 0.5) is 27.6 Å². The molecule has 0 unspecified atom stereocenters. The molecule has 4 aromatic carbocycles. The summed E-state index contributed by atoms with van der Waals surface area (Å²) >= 11 is 0. The lowest BCUT2D eigenvalue weighted by Crippen LogP contribution is -2.06. The standard InChI is InChI=1S/C24H15F5N2O/c25-19-20(26)22(28)24(23(29)21(19)27)31-30-12-14-5-3-9-17(11-14)32-13-16-8-4-7-15-6-1-2-10-18(15)16/h1-12,31H,13H2. The van der Waals surface area contributed by atoms with E-state index in [2.05, 4.69) is 5.10 Å². The first-order valence-electron chi connectivity index (χ1n) is 9.45. The van der Waals surface area contributed by atoms with Gasteiger partial charge in [0.1, 0.15) is 18.0 Å². The van der Waals surface area contributed by atoms with Crippen LogP contribution in [0.5, 0.6) is 5.75 Å². The van der Waals surface area contributed by atoms with E-state index in [-0.39, 0.29) is 0 Å². The molecular weight excluding hydrogens is 427 g/mol. The van der Waals surface area contributed by atoms with Crippen LogP contribution in [0.1, 0.15) is 11.1 Å². The minimum atomic E-state index is -2.23. The molecule has 8 heteroatoms. The highest BCUT2D eigenvalue weighted by Crippen LogP contribution is 2.27. The Morgan fingerprint density at radius 3 is 2.19 bits per heavy atom. The van der Waals surface area contributed by atoms with Crippen LogP contribution in [-0.2, 0) is 6.61 Å². The summed E-state index contributed by atoms with van der Waals surface area (Å²) in [7, 11) is 0. The molecule has 0 saturated heterocycles. The lowest BCUT2D eigenvalue weighted by Gasteiger charge is -2.10. The number of nitrogens with zero attached hydrogens (tertiary/aromatic N) is 1. The van der Waals surface area contributed by atoms with E-state index in [0.29, 0.717) is 17.9 Å². The zero-order valence-electron chi connectivity index (χ0n) is 16.4. The van der Waals surface area contributed by atoms with Gasteiger partial charge in [-0.2, -0.15) is 5.10 Å². The second-order valence-corrected chi connectivity index (χ2v) is 6.81. The predicted molar refractivity (Wildman–Crippen MR) is 112 cm³/mol. The predicted octanol–water partition coefficient (Wildman–Crippen LogP) is 6.56. The summed E-state index contributed by atoms with van der Waals surface area (Å²) in [6.45, 7) is 0.310. The second kappa shape index (κ2) is 9.05. The third kappa shape index (κ3) is 4.25. The smallest absolute Gasteiger partial charge is 0.200 e. The van der Waals surface area contributed by atoms with Gasteiger partial charge in [-0.1, -0.05) is 54.6 Å².